The molecule has 0 spiro atoms. The van der Waals surface area contributed by atoms with Crippen molar-refractivity contribution in [1.29, 1.82) is 0 Å². The van der Waals surface area contributed by atoms with Gasteiger partial charge in [0.2, 0.25) is 0 Å². The van der Waals surface area contributed by atoms with Crippen LogP contribution in [0.3, 0.4) is 0 Å². The van der Waals surface area contributed by atoms with Gasteiger partial charge in [0.15, 0.2) is 11.5 Å². The van der Waals surface area contributed by atoms with E-state index in [1.54, 1.807) is 49.5 Å². The Bertz CT molecular complexity index is 1160. The summed E-state index contributed by atoms with van der Waals surface area (Å²) < 4.78 is 35.7. The normalized spacial score (nSPS) is 20.3. The SMILES string of the molecule is COCCCOc1cc(C(=O)N(C[C@H]2CNC[C@H]2OC(=O)N2CC[C@@H](c3ccc(F)cc3)C2)C(C)C)ccc1OC. The summed E-state index contributed by atoms with van der Waals surface area (Å²) in [6.45, 7) is 7.73. The summed E-state index contributed by atoms with van der Waals surface area (Å²) in [6, 6.07) is 11.6. The van der Waals surface area contributed by atoms with Crippen LogP contribution in [0.25, 0.3) is 0 Å². The van der Waals surface area contributed by atoms with Gasteiger partial charge in [0.25, 0.3) is 5.91 Å². The van der Waals surface area contributed by atoms with Gasteiger partial charge in [0, 0.05) is 76.3 Å². The number of hydrogen-bond donors (Lipinski definition) is 1. The second kappa shape index (κ2) is 14.5. The molecule has 4 rings (SSSR count). The Morgan fingerprint density at radius 1 is 1.07 bits per heavy atom. The molecule has 2 aliphatic heterocycles. The van der Waals surface area contributed by atoms with E-state index in [4.69, 9.17) is 18.9 Å². The first-order chi connectivity index (χ1) is 19.8. The van der Waals surface area contributed by atoms with Gasteiger partial charge in [0.1, 0.15) is 11.9 Å². The number of nitrogens with zero attached hydrogens (tertiary/aromatic N) is 2. The minimum absolute atomic E-state index is 0.0520. The minimum Gasteiger partial charge on any atom is -0.493 e. The fourth-order valence-electron chi connectivity index (χ4n) is 5.42. The van der Waals surface area contributed by atoms with E-state index in [2.05, 4.69) is 5.32 Å². The van der Waals surface area contributed by atoms with E-state index >= 15 is 0 Å². The van der Waals surface area contributed by atoms with Crippen LogP contribution >= 0.6 is 0 Å². The number of benzene rings is 2. The molecule has 41 heavy (non-hydrogen) atoms. The summed E-state index contributed by atoms with van der Waals surface area (Å²) in [5.41, 5.74) is 1.53. The molecule has 2 fully saturated rings. The van der Waals surface area contributed by atoms with E-state index in [9.17, 15) is 14.0 Å². The number of amides is 2. The number of halogens is 1. The van der Waals surface area contributed by atoms with Crippen LogP contribution in [0, 0.1) is 11.7 Å². The molecule has 2 heterocycles. The van der Waals surface area contributed by atoms with E-state index in [-0.39, 0.29) is 41.8 Å². The maximum absolute atomic E-state index is 13.7. The number of nitrogens with one attached hydrogen (secondary N) is 1. The first kappa shape index (κ1) is 30.6. The lowest BCUT2D eigenvalue weighted by atomic mass is 9.99. The quantitative estimate of drug-likeness (QED) is 0.380. The number of carbonyl (C=O) groups excluding carboxylic acids is 2. The van der Waals surface area contributed by atoms with E-state index < -0.39 is 0 Å². The second-order valence-electron chi connectivity index (χ2n) is 10.9. The fourth-order valence-corrected chi connectivity index (χ4v) is 5.42. The lowest BCUT2D eigenvalue weighted by molar-refractivity contribution is 0.0408. The highest BCUT2D eigenvalue weighted by molar-refractivity contribution is 5.95. The highest BCUT2D eigenvalue weighted by Gasteiger charge is 2.36. The Kier molecular flexibility index (Phi) is 10.8. The smallest absolute Gasteiger partial charge is 0.410 e. The fraction of sp³-hybridized carbons (Fsp3) is 0.548. The van der Waals surface area contributed by atoms with Crippen LogP contribution < -0.4 is 14.8 Å². The van der Waals surface area contributed by atoms with Gasteiger partial charge in [-0.15, -0.1) is 0 Å². The Morgan fingerprint density at radius 3 is 2.56 bits per heavy atom. The highest BCUT2D eigenvalue weighted by atomic mass is 19.1. The number of hydrogen-bond acceptors (Lipinski definition) is 7. The molecule has 224 valence electrons. The molecule has 0 radical (unpaired) electrons. The second-order valence-corrected chi connectivity index (χ2v) is 10.9. The average Bonchev–Trinajstić information content (AvgIpc) is 3.64. The summed E-state index contributed by atoms with van der Waals surface area (Å²) in [5, 5.41) is 3.32. The third-order valence-corrected chi connectivity index (χ3v) is 7.79. The van der Waals surface area contributed by atoms with Crippen molar-refractivity contribution in [3.63, 3.8) is 0 Å². The largest absolute Gasteiger partial charge is 0.493 e. The molecule has 0 bridgehead atoms. The van der Waals surface area contributed by atoms with E-state index in [0.717, 1.165) is 18.4 Å². The minimum atomic E-state index is -0.350. The maximum atomic E-state index is 13.7. The standard InChI is InChI=1S/C31H42FN3O6/c1-21(2)35(30(36)23-8-11-27(39-4)28(16-23)40-15-5-14-38-3)20-25-17-33-18-29(25)41-31(37)34-13-12-24(19-34)22-6-9-26(32)10-7-22/h6-11,16,21,24-25,29,33H,5,12-15,17-20H2,1-4H3/t24-,25-,29-/m1/s1. The molecule has 0 aliphatic carbocycles. The summed E-state index contributed by atoms with van der Waals surface area (Å²) in [4.78, 5) is 30.3. The molecule has 0 aromatic heterocycles. The van der Waals surface area contributed by atoms with Gasteiger partial charge in [-0.2, -0.15) is 0 Å². The van der Waals surface area contributed by atoms with Gasteiger partial charge < -0.3 is 34.1 Å². The monoisotopic (exact) mass is 571 g/mol. The van der Waals surface area contributed by atoms with E-state index in [1.807, 2.05) is 18.7 Å². The average molecular weight is 572 g/mol. The van der Waals surface area contributed by atoms with Crippen molar-refractivity contribution in [2.45, 2.75) is 44.8 Å². The molecule has 2 aliphatic rings. The molecule has 9 nitrogen and oxygen atoms in total. The number of methoxy groups -OCH3 is 2. The summed E-state index contributed by atoms with van der Waals surface area (Å²) in [7, 11) is 3.21. The Labute approximate surface area is 241 Å². The Morgan fingerprint density at radius 2 is 1.85 bits per heavy atom. The lowest BCUT2D eigenvalue weighted by Crippen LogP contribution is -2.44. The van der Waals surface area contributed by atoms with Crippen molar-refractivity contribution in [3.8, 4) is 11.5 Å². The first-order valence-electron chi connectivity index (χ1n) is 14.3. The van der Waals surface area contributed by atoms with Crippen LogP contribution in [-0.4, -0.2) is 94.1 Å². The van der Waals surface area contributed by atoms with Crippen LogP contribution in [0.2, 0.25) is 0 Å². The maximum Gasteiger partial charge on any atom is 0.410 e. The van der Waals surface area contributed by atoms with Crippen LogP contribution in [0.5, 0.6) is 11.5 Å². The van der Waals surface area contributed by atoms with Gasteiger partial charge in [-0.3, -0.25) is 4.79 Å². The van der Waals surface area contributed by atoms with Gasteiger partial charge in [0.05, 0.1) is 13.7 Å². The molecule has 1 N–H and O–H groups in total. The zero-order valence-corrected chi connectivity index (χ0v) is 24.4. The number of likely N-dealkylation sites (tertiary alicyclic amines) is 1. The van der Waals surface area contributed by atoms with Crippen LogP contribution in [0.15, 0.2) is 42.5 Å². The van der Waals surface area contributed by atoms with E-state index in [0.29, 0.717) is 63.0 Å². The van der Waals surface area contributed by atoms with Crippen molar-refractivity contribution in [2.24, 2.45) is 5.92 Å². The molecule has 2 amide bonds. The van der Waals surface area contributed by atoms with Crippen LogP contribution in [-0.2, 0) is 9.47 Å². The topological polar surface area (TPSA) is 89.6 Å². The number of carbonyl (C=O) groups is 2. The summed E-state index contributed by atoms with van der Waals surface area (Å²) in [5.74, 6) is 0.790. The van der Waals surface area contributed by atoms with Crippen molar-refractivity contribution >= 4 is 12.0 Å². The van der Waals surface area contributed by atoms with Crippen molar-refractivity contribution < 1.29 is 32.9 Å². The molecular weight excluding hydrogens is 529 g/mol. The van der Waals surface area contributed by atoms with E-state index in [1.165, 1.54) is 12.1 Å². The molecular formula is C31H42FN3O6. The van der Waals surface area contributed by atoms with Gasteiger partial charge in [-0.1, -0.05) is 12.1 Å². The predicted molar refractivity (Wildman–Crippen MR) is 153 cm³/mol. The first-order valence-corrected chi connectivity index (χ1v) is 14.3. The van der Waals surface area contributed by atoms with Crippen LogP contribution in [0.1, 0.15) is 48.5 Å². The highest BCUT2D eigenvalue weighted by Crippen LogP contribution is 2.30. The summed E-state index contributed by atoms with van der Waals surface area (Å²) >= 11 is 0. The van der Waals surface area contributed by atoms with Crippen LogP contribution in [0.4, 0.5) is 9.18 Å². The van der Waals surface area contributed by atoms with Crippen molar-refractivity contribution in [1.82, 2.24) is 15.1 Å². The number of ether oxygens (including phenoxy) is 4. The molecule has 3 atom stereocenters. The van der Waals surface area contributed by atoms with Gasteiger partial charge >= 0.3 is 6.09 Å². The Hall–Kier alpha value is -3.37. The molecule has 0 unspecified atom stereocenters. The Balaban J connectivity index is 1.37. The molecule has 2 saturated heterocycles. The van der Waals surface area contributed by atoms with Gasteiger partial charge in [-0.05, 0) is 56.2 Å². The third kappa shape index (κ3) is 7.89. The zero-order valence-electron chi connectivity index (χ0n) is 24.4. The zero-order chi connectivity index (χ0) is 29.4. The lowest BCUT2D eigenvalue weighted by Gasteiger charge is -2.32. The van der Waals surface area contributed by atoms with Crippen molar-refractivity contribution in [2.75, 3.05) is 60.2 Å². The molecule has 2 aromatic carbocycles. The third-order valence-electron chi connectivity index (χ3n) is 7.79. The number of rotatable bonds is 12. The predicted octanol–water partition coefficient (Wildman–Crippen LogP) is 4.31. The molecule has 0 saturated carbocycles. The van der Waals surface area contributed by atoms with Crippen molar-refractivity contribution in [3.05, 3.63) is 59.4 Å². The van der Waals surface area contributed by atoms with Gasteiger partial charge in [-0.25, -0.2) is 9.18 Å². The summed E-state index contributed by atoms with van der Waals surface area (Å²) in [6.07, 6.45) is 0.829. The molecule has 10 heteroatoms. The molecule has 2 aromatic rings.